The molecule has 0 aromatic heterocycles. The molecule has 1 aromatic rings. The van der Waals surface area contributed by atoms with Crippen molar-refractivity contribution >= 4 is 23.2 Å². The number of aliphatic hydroxyl groups excluding tert-OH is 1. The Morgan fingerprint density at radius 3 is 2.90 bits per heavy atom. The van der Waals surface area contributed by atoms with Crippen LogP contribution in [-0.4, -0.2) is 17.6 Å². The second-order valence-electron chi connectivity index (χ2n) is 5.01. The maximum atomic E-state index is 12.0. The number of rotatable bonds is 4. The van der Waals surface area contributed by atoms with Crippen molar-refractivity contribution in [1.29, 1.82) is 0 Å². The van der Waals surface area contributed by atoms with Gasteiger partial charge in [-0.3, -0.25) is 4.79 Å². The molecule has 0 atom stereocenters. The van der Waals surface area contributed by atoms with Crippen LogP contribution in [0.25, 0.3) is 0 Å². The fourth-order valence-corrected chi connectivity index (χ4v) is 2.27. The van der Waals surface area contributed by atoms with Gasteiger partial charge in [0.05, 0.1) is 12.3 Å². The molecule has 4 heteroatoms. The van der Waals surface area contributed by atoms with Crippen LogP contribution in [0.1, 0.15) is 37.7 Å². The Kier molecular flexibility index (Phi) is 5.46. The highest BCUT2D eigenvalue weighted by atomic mass is 35.5. The van der Waals surface area contributed by atoms with Crippen LogP contribution in [0, 0.1) is 17.8 Å². The number of anilines is 1. The molecule has 20 heavy (non-hydrogen) atoms. The predicted octanol–water partition coefficient (Wildman–Crippen LogP) is 3.20. The van der Waals surface area contributed by atoms with Crippen molar-refractivity contribution in [3.8, 4) is 11.8 Å². The summed E-state index contributed by atoms with van der Waals surface area (Å²) in [6.07, 6.45) is 4.51. The van der Waals surface area contributed by atoms with Crippen LogP contribution >= 0.6 is 11.6 Å². The van der Waals surface area contributed by atoms with E-state index in [1.807, 2.05) is 0 Å². The Morgan fingerprint density at radius 2 is 2.25 bits per heavy atom. The van der Waals surface area contributed by atoms with Crippen LogP contribution in [0.5, 0.6) is 0 Å². The molecule has 106 valence electrons. The third-order valence-electron chi connectivity index (χ3n) is 3.41. The van der Waals surface area contributed by atoms with E-state index in [1.165, 1.54) is 6.42 Å². The number of halogens is 1. The molecule has 1 aromatic carbocycles. The van der Waals surface area contributed by atoms with E-state index in [0.717, 1.165) is 12.8 Å². The Morgan fingerprint density at radius 1 is 1.45 bits per heavy atom. The predicted molar refractivity (Wildman–Crippen MR) is 80.6 cm³/mol. The Bertz CT molecular complexity index is 541. The largest absolute Gasteiger partial charge is 0.395 e. The maximum Gasteiger partial charge on any atom is 0.224 e. The van der Waals surface area contributed by atoms with Crippen molar-refractivity contribution in [2.75, 3.05) is 11.9 Å². The minimum Gasteiger partial charge on any atom is -0.395 e. The number of aliphatic hydroxyl groups is 1. The first kappa shape index (κ1) is 14.9. The fraction of sp³-hybridized carbons (Fsp3) is 0.438. The SMILES string of the molecule is O=C(CC1CCC1)Nc1ccc(Cl)cc1C#CCCO. The molecule has 0 radical (unpaired) electrons. The summed E-state index contributed by atoms with van der Waals surface area (Å²) in [5, 5.41) is 12.2. The first-order chi connectivity index (χ1) is 9.69. The summed E-state index contributed by atoms with van der Waals surface area (Å²) in [6.45, 7) is 0.0247. The number of carbonyl (C=O) groups excluding carboxylic acids is 1. The number of nitrogens with one attached hydrogen (secondary N) is 1. The van der Waals surface area contributed by atoms with E-state index in [2.05, 4.69) is 17.2 Å². The van der Waals surface area contributed by atoms with Gasteiger partial charge in [0.15, 0.2) is 0 Å². The van der Waals surface area contributed by atoms with E-state index in [4.69, 9.17) is 16.7 Å². The van der Waals surface area contributed by atoms with Crippen molar-refractivity contribution in [3.63, 3.8) is 0 Å². The zero-order valence-corrected chi connectivity index (χ0v) is 12.0. The van der Waals surface area contributed by atoms with E-state index < -0.39 is 0 Å². The van der Waals surface area contributed by atoms with Crippen LogP contribution in [0.3, 0.4) is 0 Å². The molecule has 0 bridgehead atoms. The first-order valence-electron chi connectivity index (χ1n) is 6.88. The fourth-order valence-electron chi connectivity index (χ4n) is 2.10. The van der Waals surface area contributed by atoms with Gasteiger partial charge in [-0.25, -0.2) is 0 Å². The normalized spacial score (nSPS) is 14.1. The van der Waals surface area contributed by atoms with E-state index in [9.17, 15) is 4.79 Å². The zero-order valence-electron chi connectivity index (χ0n) is 11.3. The molecule has 1 fully saturated rings. The molecule has 1 saturated carbocycles. The van der Waals surface area contributed by atoms with Gasteiger partial charge in [-0.2, -0.15) is 0 Å². The molecule has 0 heterocycles. The lowest BCUT2D eigenvalue weighted by Crippen LogP contribution is -2.21. The van der Waals surface area contributed by atoms with Crippen LogP contribution in [0.15, 0.2) is 18.2 Å². The van der Waals surface area contributed by atoms with E-state index in [0.29, 0.717) is 35.0 Å². The van der Waals surface area contributed by atoms with Crippen molar-refractivity contribution in [2.45, 2.75) is 32.1 Å². The summed E-state index contributed by atoms with van der Waals surface area (Å²) in [5.41, 5.74) is 1.37. The van der Waals surface area contributed by atoms with Crippen LogP contribution in [0.4, 0.5) is 5.69 Å². The number of amides is 1. The average molecular weight is 292 g/mol. The van der Waals surface area contributed by atoms with E-state index >= 15 is 0 Å². The molecule has 1 amide bonds. The van der Waals surface area contributed by atoms with Crippen LogP contribution < -0.4 is 5.32 Å². The monoisotopic (exact) mass is 291 g/mol. The second-order valence-corrected chi connectivity index (χ2v) is 5.45. The highest BCUT2D eigenvalue weighted by Crippen LogP contribution is 2.30. The number of hydrogen-bond acceptors (Lipinski definition) is 2. The van der Waals surface area contributed by atoms with E-state index in [-0.39, 0.29) is 12.5 Å². The molecule has 2 rings (SSSR count). The molecule has 0 spiro atoms. The Balaban J connectivity index is 2.05. The molecule has 2 N–H and O–H groups in total. The number of carbonyl (C=O) groups is 1. The van der Waals surface area contributed by atoms with Crippen molar-refractivity contribution in [1.82, 2.24) is 0 Å². The average Bonchev–Trinajstić information content (AvgIpc) is 2.37. The van der Waals surface area contributed by atoms with Crippen molar-refractivity contribution in [2.24, 2.45) is 5.92 Å². The lowest BCUT2D eigenvalue weighted by Gasteiger charge is -2.24. The third kappa shape index (κ3) is 4.26. The Hall–Kier alpha value is -1.50. The summed E-state index contributed by atoms with van der Waals surface area (Å²) >= 11 is 5.95. The van der Waals surface area contributed by atoms with Gasteiger partial charge in [-0.1, -0.05) is 29.9 Å². The highest BCUT2D eigenvalue weighted by molar-refractivity contribution is 6.30. The smallest absolute Gasteiger partial charge is 0.224 e. The molecule has 0 unspecified atom stereocenters. The van der Waals surface area contributed by atoms with Gasteiger partial charge in [0, 0.05) is 23.4 Å². The second kappa shape index (κ2) is 7.33. The van der Waals surface area contributed by atoms with Gasteiger partial charge in [-0.05, 0) is 37.0 Å². The molecule has 3 nitrogen and oxygen atoms in total. The van der Waals surface area contributed by atoms with Gasteiger partial charge in [0.25, 0.3) is 0 Å². The summed E-state index contributed by atoms with van der Waals surface area (Å²) in [7, 11) is 0. The summed E-state index contributed by atoms with van der Waals surface area (Å²) in [5.74, 6) is 6.34. The molecule has 0 aliphatic heterocycles. The molecular weight excluding hydrogens is 274 g/mol. The van der Waals surface area contributed by atoms with Crippen LogP contribution in [0.2, 0.25) is 5.02 Å². The summed E-state index contributed by atoms with van der Waals surface area (Å²) < 4.78 is 0. The van der Waals surface area contributed by atoms with Gasteiger partial charge < -0.3 is 10.4 Å². The lowest BCUT2D eigenvalue weighted by atomic mass is 9.83. The summed E-state index contributed by atoms with van der Waals surface area (Å²) in [6, 6.07) is 5.23. The minimum atomic E-state index is 0.0247. The standard InChI is InChI=1S/C16H18ClNO2/c17-14-7-8-15(13(11-14)6-1-2-9-19)18-16(20)10-12-4-3-5-12/h7-8,11-12,19H,2-5,9-10H2,(H,18,20). The summed E-state index contributed by atoms with van der Waals surface area (Å²) in [4.78, 5) is 12.0. The molecular formula is C16H18ClNO2. The van der Waals surface area contributed by atoms with Gasteiger partial charge in [0.2, 0.25) is 5.91 Å². The first-order valence-corrected chi connectivity index (χ1v) is 7.26. The highest BCUT2D eigenvalue weighted by Gasteiger charge is 2.20. The molecule has 1 aliphatic carbocycles. The minimum absolute atomic E-state index is 0.0247. The third-order valence-corrected chi connectivity index (χ3v) is 3.65. The maximum absolute atomic E-state index is 12.0. The van der Waals surface area contributed by atoms with Crippen LogP contribution in [-0.2, 0) is 4.79 Å². The van der Waals surface area contributed by atoms with Crippen molar-refractivity contribution in [3.05, 3.63) is 28.8 Å². The number of benzene rings is 1. The van der Waals surface area contributed by atoms with Gasteiger partial charge >= 0.3 is 0 Å². The Labute approximate surface area is 124 Å². The van der Waals surface area contributed by atoms with Gasteiger partial charge in [-0.15, -0.1) is 0 Å². The quantitative estimate of drug-likeness (QED) is 0.837. The molecule has 1 aliphatic rings. The lowest BCUT2D eigenvalue weighted by molar-refractivity contribution is -0.117. The number of hydrogen-bond donors (Lipinski definition) is 2. The van der Waals surface area contributed by atoms with Crippen molar-refractivity contribution < 1.29 is 9.90 Å². The van der Waals surface area contributed by atoms with Gasteiger partial charge in [0.1, 0.15) is 0 Å². The van der Waals surface area contributed by atoms with E-state index in [1.54, 1.807) is 18.2 Å². The topological polar surface area (TPSA) is 49.3 Å². The molecule has 0 saturated heterocycles. The zero-order chi connectivity index (χ0) is 14.4.